The number of nitrogens with zero attached hydrogens (tertiary/aromatic N) is 1. The van der Waals surface area contributed by atoms with Gasteiger partial charge in [0.2, 0.25) is 0 Å². The third-order valence-corrected chi connectivity index (χ3v) is 4.26. The molecule has 7 heteroatoms. The van der Waals surface area contributed by atoms with E-state index in [4.69, 9.17) is 9.84 Å². The highest BCUT2D eigenvalue weighted by Gasteiger charge is 2.15. The first-order valence-electron chi connectivity index (χ1n) is 8.61. The number of aryl methyl sites for hydroxylation is 1. The lowest BCUT2D eigenvalue weighted by atomic mass is 10.1. The molecule has 1 amide bonds. The monoisotopic (exact) mass is 382 g/mol. The molecule has 0 aliphatic heterocycles. The van der Waals surface area contributed by atoms with Crippen molar-refractivity contribution in [3.05, 3.63) is 77.7 Å². The molecule has 0 saturated heterocycles. The van der Waals surface area contributed by atoms with Crippen LogP contribution in [0.15, 0.2) is 60.7 Å². The van der Waals surface area contributed by atoms with Gasteiger partial charge < -0.3 is 9.84 Å². The summed E-state index contributed by atoms with van der Waals surface area (Å²) in [5, 5.41) is 8.99. The van der Waals surface area contributed by atoms with E-state index in [1.807, 2.05) is 18.2 Å². The fourth-order valence-corrected chi connectivity index (χ4v) is 2.80. The Balaban J connectivity index is 1.94. The number of nitrogens with one attached hydrogen (secondary N) is 1. The summed E-state index contributed by atoms with van der Waals surface area (Å²) in [6.07, 6.45) is 0.174. The van der Waals surface area contributed by atoms with Crippen LogP contribution in [0.1, 0.15) is 22.5 Å². The molecular formula is C21H19FN2O4. The Morgan fingerprint density at radius 2 is 1.71 bits per heavy atom. The van der Waals surface area contributed by atoms with Gasteiger partial charge in [0.15, 0.2) is 0 Å². The number of halogens is 1. The molecule has 0 unspecified atom stereocenters. The number of rotatable bonds is 7. The molecule has 0 radical (unpaired) electrons. The van der Waals surface area contributed by atoms with Crippen LogP contribution >= 0.6 is 0 Å². The predicted molar refractivity (Wildman–Crippen MR) is 102 cm³/mol. The summed E-state index contributed by atoms with van der Waals surface area (Å²) in [6.45, 7) is 0. The highest BCUT2D eigenvalue weighted by molar-refractivity contribution is 6.00. The van der Waals surface area contributed by atoms with Crippen LogP contribution in [0.4, 0.5) is 4.39 Å². The molecule has 0 spiro atoms. The number of ether oxygens (including phenoxy) is 1. The summed E-state index contributed by atoms with van der Waals surface area (Å²) in [4.78, 5) is 23.6. The zero-order valence-electron chi connectivity index (χ0n) is 15.2. The van der Waals surface area contributed by atoms with Gasteiger partial charge >= 0.3 is 5.97 Å². The van der Waals surface area contributed by atoms with E-state index in [9.17, 15) is 14.0 Å². The maximum absolute atomic E-state index is 13.1. The molecule has 0 fully saturated rings. The number of aromatic nitrogens is 1. The summed E-state index contributed by atoms with van der Waals surface area (Å²) in [5.74, 6) is -1.09. The largest absolute Gasteiger partial charge is 0.497 e. The van der Waals surface area contributed by atoms with Crippen LogP contribution in [0.3, 0.4) is 0 Å². The molecule has 0 saturated carbocycles. The summed E-state index contributed by atoms with van der Waals surface area (Å²) in [5.41, 5.74) is 5.22. The quantitative estimate of drug-likeness (QED) is 0.653. The fraction of sp³-hybridized carbons (Fsp3) is 0.143. The normalized spacial score (nSPS) is 10.5. The Labute approximate surface area is 161 Å². The van der Waals surface area contributed by atoms with E-state index in [0.717, 1.165) is 5.56 Å². The minimum Gasteiger partial charge on any atom is -0.497 e. The molecule has 1 heterocycles. The van der Waals surface area contributed by atoms with E-state index in [1.54, 1.807) is 30.0 Å². The third kappa shape index (κ3) is 4.37. The number of carboxylic acids is 1. The number of benzene rings is 2. The topological polar surface area (TPSA) is 80.6 Å². The third-order valence-electron chi connectivity index (χ3n) is 4.26. The van der Waals surface area contributed by atoms with Gasteiger partial charge in [-0.05, 0) is 60.7 Å². The number of aliphatic carboxylic acids is 1. The van der Waals surface area contributed by atoms with Crippen LogP contribution in [0.5, 0.6) is 5.75 Å². The predicted octanol–water partition coefficient (Wildman–Crippen LogP) is 3.70. The first-order valence-corrected chi connectivity index (χ1v) is 8.61. The van der Waals surface area contributed by atoms with Gasteiger partial charge in [0.1, 0.15) is 11.6 Å². The first kappa shape index (κ1) is 19.2. The molecule has 1 aromatic heterocycles. The van der Waals surface area contributed by atoms with Crippen molar-refractivity contribution in [3.8, 4) is 17.0 Å². The number of methoxy groups -OCH3 is 1. The van der Waals surface area contributed by atoms with E-state index in [-0.39, 0.29) is 12.8 Å². The van der Waals surface area contributed by atoms with E-state index < -0.39 is 17.7 Å². The lowest BCUT2D eigenvalue weighted by Crippen LogP contribution is -2.25. The Morgan fingerprint density at radius 3 is 2.32 bits per heavy atom. The van der Waals surface area contributed by atoms with Crippen molar-refractivity contribution in [2.75, 3.05) is 12.5 Å². The van der Waals surface area contributed by atoms with Gasteiger partial charge in [0.05, 0.1) is 19.2 Å². The Morgan fingerprint density at radius 1 is 1.04 bits per heavy atom. The van der Waals surface area contributed by atoms with Crippen LogP contribution in [-0.2, 0) is 11.2 Å². The Bertz CT molecular complexity index is 979. The highest BCUT2D eigenvalue weighted by atomic mass is 19.1. The number of hydrogen-bond donors (Lipinski definition) is 2. The van der Waals surface area contributed by atoms with Crippen molar-refractivity contribution in [1.29, 1.82) is 0 Å². The van der Waals surface area contributed by atoms with Crippen molar-refractivity contribution in [2.24, 2.45) is 0 Å². The van der Waals surface area contributed by atoms with Crippen LogP contribution < -0.4 is 10.2 Å². The van der Waals surface area contributed by atoms with Gasteiger partial charge in [-0.2, -0.15) is 0 Å². The summed E-state index contributed by atoms with van der Waals surface area (Å²) < 4.78 is 19.8. The van der Waals surface area contributed by atoms with Gasteiger partial charge in [0, 0.05) is 23.2 Å². The average molecular weight is 382 g/mol. The number of carboxylic acid groups (broad SMARTS) is 1. The van der Waals surface area contributed by atoms with Crippen molar-refractivity contribution in [1.82, 2.24) is 4.68 Å². The zero-order chi connectivity index (χ0) is 20.1. The summed E-state index contributed by atoms with van der Waals surface area (Å²) >= 11 is 0. The van der Waals surface area contributed by atoms with Crippen molar-refractivity contribution < 1.29 is 23.8 Å². The van der Waals surface area contributed by atoms with Crippen LogP contribution in [0, 0.1) is 5.82 Å². The molecule has 0 aliphatic carbocycles. The second kappa shape index (κ2) is 8.39. The number of hydrogen-bond acceptors (Lipinski definition) is 3. The minimum atomic E-state index is -0.927. The van der Waals surface area contributed by atoms with E-state index in [0.29, 0.717) is 22.7 Å². The van der Waals surface area contributed by atoms with Gasteiger partial charge in [-0.1, -0.05) is 0 Å². The number of carbonyl (C=O) groups is 2. The van der Waals surface area contributed by atoms with Crippen LogP contribution in [-0.4, -0.2) is 28.8 Å². The second-order valence-electron chi connectivity index (χ2n) is 6.12. The first-order chi connectivity index (χ1) is 13.5. The van der Waals surface area contributed by atoms with E-state index in [2.05, 4.69) is 5.43 Å². The molecule has 28 heavy (non-hydrogen) atoms. The Hall–Kier alpha value is -3.61. The van der Waals surface area contributed by atoms with Gasteiger partial charge in [-0.3, -0.25) is 19.7 Å². The van der Waals surface area contributed by atoms with Gasteiger partial charge in [0.25, 0.3) is 5.91 Å². The maximum Gasteiger partial charge on any atom is 0.303 e. The standard InChI is InChI=1S/C21H19FN2O4/c1-28-18-10-4-14(5-11-18)19-12-8-17(9-13-20(25)26)24(19)23-21(27)15-2-6-16(22)7-3-15/h2-8,10-12H,9,13H2,1H3,(H,23,27)(H,25,26). The average Bonchev–Trinajstić information content (AvgIpc) is 3.09. The molecule has 0 atom stereocenters. The molecule has 2 N–H and O–H groups in total. The smallest absolute Gasteiger partial charge is 0.303 e. The van der Waals surface area contributed by atoms with Crippen molar-refractivity contribution >= 4 is 11.9 Å². The van der Waals surface area contributed by atoms with Crippen LogP contribution in [0.2, 0.25) is 0 Å². The minimum absolute atomic E-state index is 0.0709. The van der Waals surface area contributed by atoms with Crippen LogP contribution in [0.25, 0.3) is 11.3 Å². The van der Waals surface area contributed by atoms with Crippen molar-refractivity contribution in [2.45, 2.75) is 12.8 Å². The molecule has 0 aliphatic rings. The van der Waals surface area contributed by atoms with Gasteiger partial charge in [-0.25, -0.2) is 4.39 Å². The molecule has 3 rings (SSSR count). The maximum atomic E-state index is 13.1. The van der Waals surface area contributed by atoms with Crippen molar-refractivity contribution in [3.63, 3.8) is 0 Å². The van der Waals surface area contributed by atoms with Gasteiger partial charge in [-0.15, -0.1) is 0 Å². The lowest BCUT2D eigenvalue weighted by molar-refractivity contribution is -0.136. The molecular weight excluding hydrogens is 363 g/mol. The Kier molecular flexibility index (Phi) is 5.74. The molecule has 0 bridgehead atoms. The summed E-state index contributed by atoms with van der Waals surface area (Å²) in [7, 11) is 1.57. The zero-order valence-corrected chi connectivity index (χ0v) is 15.2. The molecule has 144 valence electrons. The number of amides is 1. The SMILES string of the molecule is COc1ccc(-c2ccc(CCC(=O)O)n2NC(=O)c2ccc(F)cc2)cc1. The molecule has 3 aromatic rings. The van der Waals surface area contributed by atoms with E-state index in [1.165, 1.54) is 24.3 Å². The molecule has 2 aromatic carbocycles. The second-order valence-corrected chi connectivity index (χ2v) is 6.12. The summed E-state index contributed by atoms with van der Waals surface area (Å²) in [6, 6.07) is 16.1. The lowest BCUT2D eigenvalue weighted by Gasteiger charge is -2.15. The number of carbonyl (C=O) groups excluding carboxylic acids is 1. The fourth-order valence-electron chi connectivity index (χ4n) is 2.80. The van der Waals surface area contributed by atoms with E-state index >= 15 is 0 Å². The molecule has 6 nitrogen and oxygen atoms in total. The highest BCUT2D eigenvalue weighted by Crippen LogP contribution is 2.25.